The number of rotatable bonds is 2. The van der Waals surface area contributed by atoms with E-state index in [2.05, 4.69) is 21.2 Å². The van der Waals surface area contributed by atoms with E-state index in [0.29, 0.717) is 0 Å². The summed E-state index contributed by atoms with van der Waals surface area (Å²) in [5.41, 5.74) is 4.37. The van der Waals surface area contributed by atoms with Crippen LogP contribution >= 0.6 is 27.5 Å². The van der Waals surface area contributed by atoms with E-state index in [9.17, 15) is 17.6 Å². The molecule has 8 heteroatoms. The van der Waals surface area contributed by atoms with Crippen LogP contribution in [0.1, 0.15) is 5.56 Å². The van der Waals surface area contributed by atoms with Gasteiger partial charge < -0.3 is 11.1 Å². The second-order valence-corrected chi connectivity index (χ2v) is 5.43. The van der Waals surface area contributed by atoms with E-state index in [1.165, 1.54) is 6.07 Å². The van der Waals surface area contributed by atoms with Crippen LogP contribution in [-0.2, 0) is 6.18 Å². The second-order valence-electron chi connectivity index (χ2n) is 4.17. The Kier molecular flexibility index (Phi) is 4.34. The summed E-state index contributed by atoms with van der Waals surface area (Å²) in [5.74, 6) is -0.564. The van der Waals surface area contributed by atoms with Crippen molar-refractivity contribution in [3.8, 4) is 0 Å². The molecule has 0 unspecified atom stereocenters. The maximum Gasteiger partial charge on any atom is 0.418 e. The van der Waals surface area contributed by atoms with Crippen molar-refractivity contribution in [2.45, 2.75) is 6.18 Å². The van der Waals surface area contributed by atoms with Crippen LogP contribution in [0.15, 0.2) is 34.8 Å². The first kappa shape index (κ1) is 15.9. The third-order valence-electron chi connectivity index (χ3n) is 2.63. The molecule has 0 aliphatic heterocycles. The van der Waals surface area contributed by atoms with Crippen molar-refractivity contribution < 1.29 is 17.6 Å². The molecule has 0 atom stereocenters. The number of alkyl halides is 3. The van der Waals surface area contributed by atoms with Crippen LogP contribution in [0, 0.1) is 5.82 Å². The van der Waals surface area contributed by atoms with Crippen molar-refractivity contribution in [3.05, 3.63) is 51.2 Å². The summed E-state index contributed by atoms with van der Waals surface area (Å²) in [6.45, 7) is 0. The van der Waals surface area contributed by atoms with Gasteiger partial charge in [-0.3, -0.25) is 0 Å². The number of anilines is 3. The first-order valence-electron chi connectivity index (χ1n) is 5.57. The Labute approximate surface area is 131 Å². The maximum atomic E-state index is 13.1. The van der Waals surface area contributed by atoms with Gasteiger partial charge in [-0.2, -0.15) is 13.2 Å². The molecule has 112 valence electrons. The van der Waals surface area contributed by atoms with Crippen molar-refractivity contribution in [1.82, 2.24) is 0 Å². The molecule has 0 aromatic heterocycles. The first-order chi connectivity index (χ1) is 9.68. The van der Waals surface area contributed by atoms with Gasteiger partial charge in [0.2, 0.25) is 0 Å². The highest BCUT2D eigenvalue weighted by atomic mass is 79.9. The highest BCUT2D eigenvalue weighted by Gasteiger charge is 2.33. The van der Waals surface area contributed by atoms with Crippen LogP contribution < -0.4 is 11.1 Å². The fraction of sp³-hybridized carbons (Fsp3) is 0.0769. The zero-order valence-corrected chi connectivity index (χ0v) is 12.6. The molecule has 0 aliphatic carbocycles. The van der Waals surface area contributed by atoms with Crippen molar-refractivity contribution in [2.24, 2.45) is 0 Å². The van der Waals surface area contributed by atoms with Gasteiger partial charge in [-0.15, -0.1) is 0 Å². The van der Waals surface area contributed by atoms with Crippen LogP contribution in [0.3, 0.4) is 0 Å². The predicted octanol–water partition coefficient (Wildman–Crippen LogP) is 5.59. The summed E-state index contributed by atoms with van der Waals surface area (Å²) < 4.78 is 51.8. The van der Waals surface area contributed by atoms with Gasteiger partial charge >= 0.3 is 6.18 Å². The van der Waals surface area contributed by atoms with Crippen molar-refractivity contribution >= 4 is 44.6 Å². The Morgan fingerprint density at radius 2 is 1.81 bits per heavy atom. The van der Waals surface area contributed by atoms with E-state index < -0.39 is 17.6 Å². The minimum absolute atomic E-state index is 0.0345. The van der Waals surface area contributed by atoms with E-state index in [0.717, 1.165) is 24.3 Å². The smallest absolute Gasteiger partial charge is 0.398 e. The summed E-state index contributed by atoms with van der Waals surface area (Å²) in [5, 5.41) is 2.74. The molecule has 0 aliphatic rings. The minimum atomic E-state index is -4.56. The van der Waals surface area contributed by atoms with Crippen LogP contribution in [0.5, 0.6) is 0 Å². The normalized spacial score (nSPS) is 11.5. The fourth-order valence-electron chi connectivity index (χ4n) is 1.69. The average Bonchev–Trinajstić information content (AvgIpc) is 2.34. The van der Waals surface area contributed by atoms with Gasteiger partial charge in [0, 0.05) is 15.8 Å². The molecule has 0 heterocycles. The van der Waals surface area contributed by atoms with Gasteiger partial charge in [-0.05, 0) is 46.3 Å². The minimum Gasteiger partial charge on any atom is -0.398 e. The van der Waals surface area contributed by atoms with Gasteiger partial charge in [0.15, 0.2) is 0 Å². The quantitative estimate of drug-likeness (QED) is 0.524. The number of benzene rings is 2. The lowest BCUT2D eigenvalue weighted by molar-refractivity contribution is -0.136. The highest BCUT2D eigenvalue weighted by Crippen LogP contribution is 2.38. The van der Waals surface area contributed by atoms with Gasteiger partial charge in [0.25, 0.3) is 0 Å². The molecule has 21 heavy (non-hydrogen) atoms. The number of halogens is 6. The largest absolute Gasteiger partial charge is 0.418 e. The molecule has 2 aromatic rings. The van der Waals surface area contributed by atoms with E-state index >= 15 is 0 Å². The molecule has 0 saturated carbocycles. The topological polar surface area (TPSA) is 38.0 Å². The lowest BCUT2D eigenvalue weighted by atomic mass is 10.1. The van der Waals surface area contributed by atoms with Crippen molar-refractivity contribution in [1.29, 1.82) is 0 Å². The Hall–Kier alpha value is -1.47. The third kappa shape index (κ3) is 3.59. The molecule has 0 spiro atoms. The molecule has 0 fully saturated rings. The van der Waals surface area contributed by atoms with Crippen molar-refractivity contribution in [2.75, 3.05) is 11.1 Å². The standard InChI is InChI=1S/C13H8BrClF4N2/c14-9-3-6(16)4-10(15)12(9)21-7-1-2-11(20)8(5-7)13(17,18)19/h1-5,21H,20H2. The Balaban J connectivity index is 2.42. The summed E-state index contributed by atoms with van der Waals surface area (Å²) in [6.07, 6.45) is -4.56. The lowest BCUT2D eigenvalue weighted by Crippen LogP contribution is -2.09. The number of hydrogen-bond donors (Lipinski definition) is 2. The number of nitrogen functional groups attached to an aromatic ring is 1. The lowest BCUT2D eigenvalue weighted by Gasteiger charge is -2.14. The third-order valence-corrected chi connectivity index (χ3v) is 3.56. The van der Waals surface area contributed by atoms with E-state index in [1.807, 2.05) is 0 Å². The van der Waals surface area contributed by atoms with Crippen LogP contribution in [0.4, 0.5) is 34.6 Å². The maximum absolute atomic E-state index is 13.1. The number of nitrogens with one attached hydrogen (secondary N) is 1. The van der Waals surface area contributed by atoms with E-state index in [4.69, 9.17) is 17.3 Å². The number of hydrogen-bond acceptors (Lipinski definition) is 2. The molecule has 2 rings (SSSR count). The second kappa shape index (κ2) is 5.73. The van der Waals surface area contributed by atoms with Crippen LogP contribution in [0.2, 0.25) is 5.02 Å². The zero-order valence-electron chi connectivity index (χ0n) is 10.2. The Morgan fingerprint density at radius 3 is 2.38 bits per heavy atom. The Bertz CT molecular complexity index is 665. The summed E-state index contributed by atoms with van der Waals surface area (Å²) in [7, 11) is 0. The summed E-state index contributed by atoms with van der Waals surface area (Å²) >= 11 is 8.96. The van der Waals surface area contributed by atoms with E-state index in [1.54, 1.807) is 0 Å². The zero-order chi connectivity index (χ0) is 15.8. The molecule has 3 N–H and O–H groups in total. The predicted molar refractivity (Wildman–Crippen MR) is 78.2 cm³/mol. The summed E-state index contributed by atoms with van der Waals surface area (Å²) in [6, 6.07) is 5.57. The monoisotopic (exact) mass is 382 g/mol. The molecular weight excluding hydrogens is 376 g/mol. The molecule has 2 aromatic carbocycles. The highest BCUT2D eigenvalue weighted by molar-refractivity contribution is 9.10. The summed E-state index contributed by atoms with van der Waals surface area (Å²) in [4.78, 5) is 0. The molecule has 0 saturated heterocycles. The molecule has 2 nitrogen and oxygen atoms in total. The molecular formula is C13H8BrClF4N2. The van der Waals surface area contributed by atoms with E-state index in [-0.39, 0.29) is 26.6 Å². The number of nitrogens with two attached hydrogens (primary N) is 1. The molecule has 0 amide bonds. The first-order valence-corrected chi connectivity index (χ1v) is 6.74. The van der Waals surface area contributed by atoms with Gasteiger partial charge in [0.1, 0.15) is 5.82 Å². The van der Waals surface area contributed by atoms with Crippen LogP contribution in [0.25, 0.3) is 0 Å². The van der Waals surface area contributed by atoms with Gasteiger partial charge in [-0.25, -0.2) is 4.39 Å². The SMILES string of the molecule is Nc1ccc(Nc2c(Cl)cc(F)cc2Br)cc1C(F)(F)F. The van der Waals surface area contributed by atoms with Crippen LogP contribution in [-0.4, -0.2) is 0 Å². The van der Waals surface area contributed by atoms with Gasteiger partial charge in [0.05, 0.1) is 16.3 Å². The van der Waals surface area contributed by atoms with Gasteiger partial charge in [-0.1, -0.05) is 11.6 Å². The van der Waals surface area contributed by atoms with Crippen molar-refractivity contribution in [3.63, 3.8) is 0 Å². The fourth-order valence-corrected chi connectivity index (χ4v) is 2.58. The Morgan fingerprint density at radius 1 is 1.14 bits per heavy atom. The molecule has 0 radical (unpaired) electrons. The molecule has 0 bridgehead atoms. The average molecular weight is 384 g/mol.